The van der Waals surface area contributed by atoms with Crippen molar-refractivity contribution in [2.24, 2.45) is 4.99 Å². The first kappa shape index (κ1) is 17.8. The molecule has 0 unspecified atom stereocenters. The Morgan fingerprint density at radius 3 is 2.57 bits per heavy atom. The fourth-order valence-electron chi connectivity index (χ4n) is 1.81. The van der Waals surface area contributed by atoms with Gasteiger partial charge in [0.15, 0.2) is 9.84 Å². The van der Waals surface area contributed by atoms with E-state index in [4.69, 9.17) is 16.8 Å². The van der Waals surface area contributed by atoms with Crippen LogP contribution in [0, 0.1) is 0 Å². The number of hydroxylamine groups is 1. The third-order valence-corrected chi connectivity index (χ3v) is 6.22. The van der Waals surface area contributed by atoms with E-state index in [1.165, 1.54) is 23.9 Å². The van der Waals surface area contributed by atoms with E-state index in [9.17, 15) is 8.42 Å². The fraction of sp³-hybridized carbons (Fsp3) is 0.133. The van der Waals surface area contributed by atoms with Crippen LogP contribution >= 0.6 is 23.4 Å². The topological polar surface area (TPSA) is 78.8 Å². The van der Waals surface area contributed by atoms with E-state index in [-0.39, 0.29) is 10.6 Å². The highest BCUT2D eigenvalue weighted by Crippen LogP contribution is 2.29. The first-order chi connectivity index (χ1) is 11.0. The number of para-hydroxylation sites is 1. The van der Waals surface area contributed by atoms with E-state index in [0.29, 0.717) is 16.5 Å². The maximum Gasteiger partial charge on any atom is 0.179 e. The molecule has 0 radical (unpaired) electrons. The minimum absolute atomic E-state index is 0.00952. The lowest BCUT2D eigenvalue weighted by Gasteiger charge is -2.06. The molecule has 5 nitrogen and oxygen atoms in total. The average Bonchev–Trinajstić information content (AvgIpc) is 2.54. The molecule has 0 saturated carbocycles. The summed E-state index contributed by atoms with van der Waals surface area (Å²) in [6.07, 6.45) is 1.16. The number of nitrogens with zero attached hydrogens (tertiary/aromatic N) is 1. The highest BCUT2D eigenvalue weighted by molar-refractivity contribution is 8.00. The van der Waals surface area contributed by atoms with Crippen LogP contribution in [0.15, 0.2) is 63.3 Å². The summed E-state index contributed by atoms with van der Waals surface area (Å²) in [5.41, 5.74) is 2.50. The number of rotatable bonds is 7. The van der Waals surface area contributed by atoms with Crippen molar-refractivity contribution >= 4 is 45.2 Å². The second-order valence-corrected chi connectivity index (χ2v) is 8.16. The number of hydrogen-bond donors (Lipinski definition) is 2. The van der Waals surface area contributed by atoms with Crippen LogP contribution in [0.3, 0.4) is 0 Å². The SMILES string of the molecule is O=S(=O)(CCSc1ccccc1N=CNO)c1ccc(Cl)cc1. The van der Waals surface area contributed by atoms with Gasteiger partial charge in [-0.2, -0.15) is 0 Å². The van der Waals surface area contributed by atoms with E-state index in [1.807, 2.05) is 23.7 Å². The summed E-state index contributed by atoms with van der Waals surface area (Å²) < 4.78 is 24.5. The predicted molar refractivity (Wildman–Crippen MR) is 93.7 cm³/mol. The molecule has 8 heteroatoms. The summed E-state index contributed by atoms with van der Waals surface area (Å²) >= 11 is 7.16. The molecule has 0 aromatic heterocycles. The van der Waals surface area contributed by atoms with Crippen molar-refractivity contribution in [1.82, 2.24) is 5.48 Å². The molecule has 0 aliphatic carbocycles. The Bertz CT molecular complexity index is 778. The number of sulfone groups is 1. The summed E-state index contributed by atoms with van der Waals surface area (Å²) in [4.78, 5) is 5.14. The lowest BCUT2D eigenvalue weighted by Crippen LogP contribution is -2.08. The van der Waals surface area contributed by atoms with Gasteiger partial charge in [-0.05, 0) is 36.4 Å². The zero-order valence-corrected chi connectivity index (χ0v) is 14.4. The van der Waals surface area contributed by atoms with Gasteiger partial charge in [0, 0.05) is 15.7 Å². The van der Waals surface area contributed by atoms with E-state index >= 15 is 0 Å². The van der Waals surface area contributed by atoms with Gasteiger partial charge in [-0.15, -0.1) is 11.8 Å². The van der Waals surface area contributed by atoms with Crippen molar-refractivity contribution in [2.75, 3.05) is 11.5 Å². The number of halogens is 1. The van der Waals surface area contributed by atoms with Crippen LogP contribution in [-0.4, -0.2) is 31.5 Å². The normalized spacial score (nSPS) is 11.7. The number of benzene rings is 2. The fourth-order valence-corrected chi connectivity index (χ4v) is 4.59. The predicted octanol–water partition coefficient (Wildman–Crippen LogP) is 3.54. The van der Waals surface area contributed by atoms with E-state index in [0.717, 1.165) is 11.2 Å². The van der Waals surface area contributed by atoms with Gasteiger partial charge in [0.05, 0.1) is 16.3 Å². The van der Waals surface area contributed by atoms with Gasteiger partial charge in [0.25, 0.3) is 0 Å². The Morgan fingerprint density at radius 2 is 1.87 bits per heavy atom. The summed E-state index contributed by atoms with van der Waals surface area (Å²) in [6, 6.07) is 13.4. The van der Waals surface area contributed by atoms with Gasteiger partial charge < -0.3 is 0 Å². The molecule has 0 aliphatic heterocycles. The molecule has 2 aromatic rings. The zero-order chi connectivity index (χ0) is 16.7. The molecular formula is C15H15ClN2O3S2. The molecule has 0 bridgehead atoms. The van der Waals surface area contributed by atoms with Crippen LogP contribution < -0.4 is 5.48 Å². The minimum atomic E-state index is -3.35. The minimum Gasteiger partial charge on any atom is -0.290 e. The van der Waals surface area contributed by atoms with Crippen LogP contribution in [0.1, 0.15) is 0 Å². The van der Waals surface area contributed by atoms with Crippen molar-refractivity contribution in [2.45, 2.75) is 9.79 Å². The Balaban J connectivity index is 2.02. The molecule has 0 saturated heterocycles. The highest BCUT2D eigenvalue weighted by Gasteiger charge is 2.14. The van der Waals surface area contributed by atoms with Gasteiger partial charge in [-0.1, -0.05) is 23.7 Å². The Hall–Kier alpha value is -1.54. The largest absolute Gasteiger partial charge is 0.290 e. The lowest BCUT2D eigenvalue weighted by molar-refractivity contribution is 0.240. The number of hydrogen-bond acceptors (Lipinski definition) is 5. The second kappa shape index (κ2) is 8.35. The number of aliphatic imine (C=N–C) groups is 1. The summed E-state index contributed by atoms with van der Waals surface area (Å²) in [7, 11) is -3.35. The van der Waals surface area contributed by atoms with Crippen LogP contribution in [0.4, 0.5) is 5.69 Å². The first-order valence-electron chi connectivity index (χ1n) is 6.65. The summed E-state index contributed by atoms with van der Waals surface area (Å²) in [5.74, 6) is 0.402. The van der Waals surface area contributed by atoms with Crippen molar-refractivity contribution in [3.05, 3.63) is 53.6 Å². The first-order valence-corrected chi connectivity index (χ1v) is 9.67. The zero-order valence-electron chi connectivity index (χ0n) is 12.0. The molecule has 122 valence electrons. The quantitative estimate of drug-likeness (QED) is 0.337. The average molecular weight is 371 g/mol. The maximum absolute atomic E-state index is 12.3. The molecular weight excluding hydrogens is 356 g/mol. The second-order valence-electron chi connectivity index (χ2n) is 4.48. The maximum atomic E-state index is 12.3. The molecule has 2 N–H and O–H groups in total. The van der Waals surface area contributed by atoms with Gasteiger partial charge in [-0.3, -0.25) is 10.7 Å². The third-order valence-electron chi connectivity index (χ3n) is 2.91. The molecule has 23 heavy (non-hydrogen) atoms. The molecule has 0 atom stereocenters. The monoisotopic (exact) mass is 370 g/mol. The molecule has 0 aliphatic rings. The molecule has 2 rings (SSSR count). The van der Waals surface area contributed by atoms with Crippen molar-refractivity contribution in [1.29, 1.82) is 0 Å². The molecule has 0 amide bonds. The lowest BCUT2D eigenvalue weighted by atomic mass is 10.3. The Kier molecular flexibility index (Phi) is 6.47. The van der Waals surface area contributed by atoms with Crippen LogP contribution in [0.5, 0.6) is 0 Å². The van der Waals surface area contributed by atoms with Gasteiger partial charge >= 0.3 is 0 Å². The standard InChI is InChI=1S/C15H15ClN2O3S2/c16-12-5-7-13(8-6-12)23(20,21)10-9-22-15-4-2-1-3-14(15)17-11-18-19/h1-8,11,19H,9-10H2,(H,17,18). The number of nitrogens with one attached hydrogen (secondary N) is 1. The van der Waals surface area contributed by atoms with Crippen molar-refractivity contribution < 1.29 is 13.6 Å². The van der Waals surface area contributed by atoms with Crippen LogP contribution in [0.2, 0.25) is 5.02 Å². The van der Waals surface area contributed by atoms with Crippen molar-refractivity contribution in [3.8, 4) is 0 Å². The number of thioether (sulfide) groups is 1. The van der Waals surface area contributed by atoms with E-state index in [1.54, 1.807) is 18.2 Å². The van der Waals surface area contributed by atoms with Crippen LogP contribution in [-0.2, 0) is 9.84 Å². The summed E-state index contributed by atoms with van der Waals surface area (Å²) in [5, 5.41) is 9.05. The molecule has 2 aromatic carbocycles. The highest BCUT2D eigenvalue weighted by atomic mass is 35.5. The smallest absolute Gasteiger partial charge is 0.179 e. The molecule has 0 fully saturated rings. The van der Waals surface area contributed by atoms with Gasteiger partial charge in [0.1, 0.15) is 6.34 Å². The van der Waals surface area contributed by atoms with Gasteiger partial charge in [-0.25, -0.2) is 13.4 Å². The van der Waals surface area contributed by atoms with E-state index in [2.05, 4.69) is 4.99 Å². The van der Waals surface area contributed by atoms with Gasteiger partial charge in [0.2, 0.25) is 0 Å². The van der Waals surface area contributed by atoms with Crippen LogP contribution in [0.25, 0.3) is 0 Å². The summed E-state index contributed by atoms with van der Waals surface area (Å²) in [6.45, 7) is 0. The molecule has 0 spiro atoms. The van der Waals surface area contributed by atoms with E-state index < -0.39 is 9.84 Å². The Labute approximate surface area is 144 Å². The van der Waals surface area contributed by atoms with Crippen molar-refractivity contribution in [3.63, 3.8) is 0 Å². The molecule has 0 heterocycles. The Morgan fingerprint density at radius 1 is 1.17 bits per heavy atom. The third kappa shape index (κ3) is 5.24.